The first kappa shape index (κ1) is 13.5. The van der Waals surface area contributed by atoms with Crippen molar-refractivity contribution >= 4 is 0 Å². The lowest BCUT2D eigenvalue weighted by Crippen LogP contribution is -2.04. The summed E-state index contributed by atoms with van der Waals surface area (Å²) in [4.78, 5) is 8.85. The van der Waals surface area contributed by atoms with Crippen LogP contribution < -0.4 is 4.74 Å². The normalized spacial score (nSPS) is 10.5. The third kappa shape index (κ3) is 3.51. The molecule has 2 aromatic rings. The van der Waals surface area contributed by atoms with Crippen LogP contribution in [0.4, 0.5) is 0 Å². The molecule has 0 radical (unpaired) electrons. The van der Waals surface area contributed by atoms with E-state index < -0.39 is 0 Å². The van der Waals surface area contributed by atoms with Crippen molar-refractivity contribution in [2.45, 2.75) is 13.8 Å². The molecule has 0 bridgehead atoms. The van der Waals surface area contributed by atoms with Crippen molar-refractivity contribution in [3.8, 4) is 17.0 Å². The molecule has 0 fully saturated rings. The molecule has 0 atom stereocenters. The number of hydrogen-bond donors (Lipinski definition) is 0. The molecule has 4 heteroatoms. The molecule has 0 spiro atoms. The second-order valence-electron chi connectivity index (χ2n) is 4.29. The van der Waals surface area contributed by atoms with Crippen LogP contribution in [-0.2, 0) is 4.74 Å². The molecule has 0 saturated carbocycles. The number of hydrogen-bond acceptors (Lipinski definition) is 4. The molecule has 0 aliphatic heterocycles. The van der Waals surface area contributed by atoms with Gasteiger partial charge in [-0.25, -0.2) is 4.98 Å². The Kier molecular flexibility index (Phi) is 4.47. The lowest BCUT2D eigenvalue weighted by molar-refractivity contribution is 0.146. The van der Waals surface area contributed by atoms with Gasteiger partial charge in [-0.05, 0) is 38.1 Å². The summed E-state index contributed by atoms with van der Waals surface area (Å²) in [5, 5.41) is 0. The van der Waals surface area contributed by atoms with Crippen LogP contribution in [-0.4, -0.2) is 30.3 Å². The second-order valence-corrected chi connectivity index (χ2v) is 4.29. The van der Waals surface area contributed by atoms with Crippen LogP contribution in [0, 0.1) is 13.8 Å². The van der Waals surface area contributed by atoms with Crippen molar-refractivity contribution in [1.82, 2.24) is 9.97 Å². The van der Waals surface area contributed by atoms with Gasteiger partial charge in [-0.1, -0.05) is 0 Å². The van der Waals surface area contributed by atoms with Crippen molar-refractivity contribution in [2.75, 3.05) is 20.3 Å². The van der Waals surface area contributed by atoms with Crippen LogP contribution in [0.2, 0.25) is 0 Å². The summed E-state index contributed by atoms with van der Waals surface area (Å²) in [6, 6.07) is 7.84. The highest BCUT2D eigenvalue weighted by Gasteiger charge is 2.03. The lowest BCUT2D eigenvalue weighted by Gasteiger charge is -2.07. The van der Waals surface area contributed by atoms with E-state index in [1.807, 2.05) is 38.1 Å². The van der Waals surface area contributed by atoms with Gasteiger partial charge in [0.05, 0.1) is 29.9 Å². The first-order valence-corrected chi connectivity index (χ1v) is 6.23. The average molecular weight is 258 g/mol. The Balaban J connectivity index is 2.11. The van der Waals surface area contributed by atoms with Crippen LogP contribution in [0.1, 0.15) is 11.4 Å². The summed E-state index contributed by atoms with van der Waals surface area (Å²) in [7, 11) is 1.66. The Morgan fingerprint density at radius 3 is 2.37 bits per heavy atom. The highest BCUT2D eigenvalue weighted by molar-refractivity contribution is 5.59. The van der Waals surface area contributed by atoms with Gasteiger partial charge in [0, 0.05) is 12.7 Å². The highest BCUT2D eigenvalue weighted by atomic mass is 16.5. The molecule has 0 unspecified atom stereocenters. The summed E-state index contributed by atoms with van der Waals surface area (Å²) in [6.45, 7) is 5.07. The van der Waals surface area contributed by atoms with E-state index in [-0.39, 0.29) is 0 Å². The van der Waals surface area contributed by atoms with Crippen molar-refractivity contribution in [1.29, 1.82) is 0 Å². The Labute approximate surface area is 113 Å². The average Bonchev–Trinajstić information content (AvgIpc) is 2.43. The molecule has 4 nitrogen and oxygen atoms in total. The fourth-order valence-corrected chi connectivity index (χ4v) is 1.65. The summed E-state index contributed by atoms with van der Waals surface area (Å²) >= 11 is 0. The highest BCUT2D eigenvalue weighted by Crippen LogP contribution is 2.20. The minimum Gasteiger partial charge on any atom is -0.491 e. The summed E-state index contributed by atoms with van der Waals surface area (Å²) in [6.07, 6.45) is 1.79. The standard InChI is InChI=1S/C15H18N2O2/c1-11-12(2)17-15(10-16-11)13-4-6-14(7-5-13)19-9-8-18-3/h4-7,10H,8-9H2,1-3H3. The van der Waals surface area contributed by atoms with Crippen LogP contribution in [0.5, 0.6) is 5.75 Å². The number of aromatic nitrogens is 2. The molecule has 0 aliphatic rings. The molecule has 0 saturated heterocycles. The quantitative estimate of drug-likeness (QED) is 0.773. The number of aryl methyl sites for hydroxylation is 2. The zero-order valence-electron chi connectivity index (χ0n) is 11.5. The fourth-order valence-electron chi connectivity index (χ4n) is 1.65. The second kappa shape index (κ2) is 6.29. The summed E-state index contributed by atoms with van der Waals surface area (Å²) < 4.78 is 10.5. The Bertz CT molecular complexity index is 538. The van der Waals surface area contributed by atoms with Gasteiger partial charge in [0.2, 0.25) is 0 Å². The molecule has 0 N–H and O–H groups in total. The molecule has 0 amide bonds. The van der Waals surface area contributed by atoms with Gasteiger partial charge < -0.3 is 9.47 Å². The van der Waals surface area contributed by atoms with Gasteiger partial charge in [-0.2, -0.15) is 0 Å². The van der Waals surface area contributed by atoms with Gasteiger partial charge in [0.1, 0.15) is 12.4 Å². The number of methoxy groups -OCH3 is 1. The third-order valence-electron chi connectivity index (χ3n) is 2.90. The summed E-state index contributed by atoms with van der Waals surface area (Å²) in [5.41, 5.74) is 3.84. The predicted molar refractivity (Wildman–Crippen MR) is 74.3 cm³/mol. The molecule has 1 aromatic heterocycles. The van der Waals surface area contributed by atoms with E-state index in [2.05, 4.69) is 9.97 Å². The van der Waals surface area contributed by atoms with Crippen molar-refractivity contribution in [3.05, 3.63) is 41.9 Å². The van der Waals surface area contributed by atoms with E-state index in [0.717, 1.165) is 28.4 Å². The minimum atomic E-state index is 0.555. The minimum absolute atomic E-state index is 0.555. The Morgan fingerprint density at radius 1 is 1.00 bits per heavy atom. The largest absolute Gasteiger partial charge is 0.491 e. The first-order valence-electron chi connectivity index (χ1n) is 6.23. The van der Waals surface area contributed by atoms with Crippen LogP contribution in [0.15, 0.2) is 30.5 Å². The number of benzene rings is 1. The van der Waals surface area contributed by atoms with E-state index in [4.69, 9.17) is 9.47 Å². The molecule has 100 valence electrons. The fraction of sp³-hybridized carbons (Fsp3) is 0.333. The third-order valence-corrected chi connectivity index (χ3v) is 2.90. The van der Waals surface area contributed by atoms with Gasteiger partial charge in [-0.15, -0.1) is 0 Å². The van der Waals surface area contributed by atoms with Gasteiger partial charge in [-0.3, -0.25) is 4.98 Å². The van der Waals surface area contributed by atoms with E-state index in [1.54, 1.807) is 13.3 Å². The van der Waals surface area contributed by atoms with Gasteiger partial charge >= 0.3 is 0 Å². The molecule has 19 heavy (non-hydrogen) atoms. The predicted octanol–water partition coefficient (Wildman–Crippen LogP) is 2.79. The Hall–Kier alpha value is -1.94. The lowest BCUT2D eigenvalue weighted by atomic mass is 10.1. The Morgan fingerprint density at radius 2 is 1.74 bits per heavy atom. The number of ether oxygens (including phenoxy) is 2. The maximum atomic E-state index is 5.52. The maximum Gasteiger partial charge on any atom is 0.119 e. The molecular weight excluding hydrogens is 240 g/mol. The zero-order chi connectivity index (χ0) is 13.7. The molecule has 1 aromatic carbocycles. The SMILES string of the molecule is COCCOc1ccc(-c2cnc(C)c(C)n2)cc1. The van der Waals surface area contributed by atoms with Crippen molar-refractivity contribution < 1.29 is 9.47 Å². The van der Waals surface area contributed by atoms with Crippen molar-refractivity contribution in [3.63, 3.8) is 0 Å². The first-order chi connectivity index (χ1) is 9.20. The number of rotatable bonds is 5. The topological polar surface area (TPSA) is 44.2 Å². The van der Waals surface area contributed by atoms with E-state index in [0.29, 0.717) is 13.2 Å². The van der Waals surface area contributed by atoms with Crippen LogP contribution in [0.25, 0.3) is 11.3 Å². The zero-order valence-corrected chi connectivity index (χ0v) is 11.5. The van der Waals surface area contributed by atoms with Crippen molar-refractivity contribution in [2.24, 2.45) is 0 Å². The van der Waals surface area contributed by atoms with Gasteiger partial charge in [0.25, 0.3) is 0 Å². The molecular formula is C15H18N2O2. The van der Waals surface area contributed by atoms with Crippen LogP contribution in [0.3, 0.4) is 0 Å². The molecule has 1 heterocycles. The monoisotopic (exact) mass is 258 g/mol. The van der Waals surface area contributed by atoms with Gasteiger partial charge in [0.15, 0.2) is 0 Å². The summed E-state index contributed by atoms with van der Waals surface area (Å²) in [5.74, 6) is 0.831. The van der Waals surface area contributed by atoms with E-state index in [9.17, 15) is 0 Å². The number of nitrogens with zero attached hydrogens (tertiary/aromatic N) is 2. The smallest absolute Gasteiger partial charge is 0.119 e. The maximum absolute atomic E-state index is 5.52. The van der Waals surface area contributed by atoms with E-state index >= 15 is 0 Å². The van der Waals surface area contributed by atoms with E-state index in [1.165, 1.54) is 0 Å². The van der Waals surface area contributed by atoms with Crippen LogP contribution >= 0.6 is 0 Å². The molecule has 2 rings (SSSR count). The molecule has 0 aliphatic carbocycles.